The first kappa shape index (κ1) is 14.8. The van der Waals surface area contributed by atoms with Gasteiger partial charge in [0.25, 0.3) is 0 Å². The number of anilines is 1. The minimum absolute atomic E-state index is 0.398. The lowest BCUT2D eigenvalue weighted by molar-refractivity contribution is -0.155. The van der Waals surface area contributed by atoms with Crippen molar-refractivity contribution < 1.29 is 24.5 Å². The molecule has 1 aromatic rings. The quantitative estimate of drug-likeness (QED) is 0.627. The van der Waals surface area contributed by atoms with Gasteiger partial charge in [0.1, 0.15) is 5.75 Å². The zero-order valence-electron chi connectivity index (χ0n) is 10.6. The maximum atomic E-state index is 11.5. The minimum atomic E-state index is -2.00. The number of carbonyl (C=O) groups excluding carboxylic acids is 1. The molecule has 1 aromatic carbocycles. The summed E-state index contributed by atoms with van der Waals surface area (Å²) in [6.45, 7) is 0.702. The van der Waals surface area contributed by atoms with Gasteiger partial charge in [-0.3, -0.25) is 0 Å². The predicted molar refractivity (Wildman–Crippen MR) is 68.3 cm³/mol. The number of carbonyl (C=O) groups is 2. The summed E-state index contributed by atoms with van der Waals surface area (Å²) in [7, 11) is 1.53. The number of aliphatic hydroxyl groups is 1. The Morgan fingerprint density at radius 3 is 2.37 bits per heavy atom. The molecular weight excluding hydrogens is 252 g/mol. The fourth-order valence-electron chi connectivity index (χ4n) is 1.18. The summed E-state index contributed by atoms with van der Waals surface area (Å²) in [4.78, 5) is 22.1. The molecule has 4 N–H and O–H groups in total. The molecule has 0 aliphatic carbocycles. The molecule has 7 nitrogen and oxygen atoms in total. The summed E-state index contributed by atoms with van der Waals surface area (Å²) >= 11 is 0. The Kier molecular flexibility index (Phi) is 4.71. The number of carboxylic acids is 1. The summed E-state index contributed by atoms with van der Waals surface area (Å²) in [6.07, 6.45) is 0. The van der Waals surface area contributed by atoms with E-state index in [2.05, 4.69) is 10.6 Å². The average molecular weight is 268 g/mol. The van der Waals surface area contributed by atoms with Crippen molar-refractivity contribution >= 4 is 17.7 Å². The van der Waals surface area contributed by atoms with Crippen LogP contribution in [0.1, 0.15) is 6.92 Å². The molecule has 104 valence electrons. The fraction of sp³-hybridized carbons (Fsp3) is 0.333. The number of nitrogens with one attached hydrogen (secondary N) is 2. The van der Waals surface area contributed by atoms with Crippen LogP contribution in [0.15, 0.2) is 24.3 Å². The zero-order chi connectivity index (χ0) is 14.5. The number of methoxy groups -OCH3 is 1. The molecule has 0 heterocycles. The molecule has 19 heavy (non-hydrogen) atoms. The second-order valence-electron chi connectivity index (χ2n) is 4.12. The van der Waals surface area contributed by atoms with Crippen LogP contribution in [0.3, 0.4) is 0 Å². The van der Waals surface area contributed by atoms with E-state index in [4.69, 9.17) is 9.84 Å². The van der Waals surface area contributed by atoms with Crippen LogP contribution in [0.5, 0.6) is 5.75 Å². The van der Waals surface area contributed by atoms with E-state index in [-0.39, 0.29) is 0 Å². The third-order valence-corrected chi connectivity index (χ3v) is 2.40. The minimum Gasteiger partial charge on any atom is -0.497 e. The predicted octanol–water partition coefficient (Wildman–Crippen LogP) is 0.652. The maximum Gasteiger partial charge on any atom is 0.337 e. The Labute approximate surface area is 110 Å². The highest BCUT2D eigenvalue weighted by atomic mass is 16.5. The zero-order valence-corrected chi connectivity index (χ0v) is 10.6. The van der Waals surface area contributed by atoms with Gasteiger partial charge in [-0.05, 0) is 31.2 Å². The third kappa shape index (κ3) is 4.47. The molecule has 0 radical (unpaired) electrons. The van der Waals surface area contributed by atoms with Crippen LogP contribution in [0, 0.1) is 0 Å². The molecular formula is C12H16N2O5. The van der Waals surface area contributed by atoms with Crippen molar-refractivity contribution in [1.29, 1.82) is 0 Å². The molecule has 1 atom stereocenters. The van der Waals surface area contributed by atoms with E-state index >= 15 is 0 Å². The van der Waals surface area contributed by atoms with Crippen LogP contribution in [0.25, 0.3) is 0 Å². The van der Waals surface area contributed by atoms with Gasteiger partial charge in [0.05, 0.1) is 13.7 Å². The van der Waals surface area contributed by atoms with Crippen molar-refractivity contribution in [2.24, 2.45) is 0 Å². The Morgan fingerprint density at radius 2 is 1.89 bits per heavy atom. The van der Waals surface area contributed by atoms with Gasteiger partial charge >= 0.3 is 12.0 Å². The van der Waals surface area contributed by atoms with E-state index in [9.17, 15) is 14.7 Å². The van der Waals surface area contributed by atoms with Gasteiger partial charge in [-0.25, -0.2) is 9.59 Å². The highest BCUT2D eigenvalue weighted by Crippen LogP contribution is 2.14. The summed E-state index contributed by atoms with van der Waals surface area (Å²) in [5.74, 6) is -0.753. The molecule has 0 aliphatic heterocycles. The van der Waals surface area contributed by atoms with E-state index in [1.807, 2.05) is 0 Å². The van der Waals surface area contributed by atoms with E-state index < -0.39 is 24.1 Å². The highest BCUT2D eigenvalue weighted by molar-refractivity contribution is 5.90. The number of hydrogen-bond acceptors (Lipinski definition) is 4. The van der Waals surface area contributed by atoms with Crippen LogP contribution in [-0.2, 0) is 4.79 Å². The molecule has 0 aliphatic rings. The van der Waals surface area contributed by atoms with Crippen LogP contribution >= 0.6 is 0 Å². The van der Waals surface area contributed by atoms with Gasteiger partial charge in [0.15, 0.2) is 5.60 Å². The standard InChI is InChI=1S/C12H16N2O5/c1-12(18,10(15)16)7-13-11(17)14-8-3-5-9(19-2)6-4-8/h3-6,18H,7H2,1-2H3,(H,15,16)(H2,13,14,17). The first-order chi connectivity index (χ1) is 8.85. The molecule has 0 saturated carbocycles. The molecule has 0 bridgehead atoms. The maximum absolute atomic E-state index is 11.5. The topological polar surface area (TPSA) is 108 Å². The first-order valence-corrected chi connectivity index (χ1v) is 5.50. The number of aliphatic carboxylic acids is 1. The van der Waals surface area contributed by atoms with Gasteiger partial charge < -0.3 is 25.6 Å². The lowest BCUT2D eigenvalue weighted by Gasteiger charge is -2.18. The molecule has 7 heteroatoms. The van der Waals surface area contributed by atoms with Gasteiger partial charge in [0, 0.05) is 5.69 Å². The molecule has 0 saturated heterocycles. The van der Waals surface area contributed by atoms with Crippen LogP contribution < -0.4 is 15.4 Å². The second kappa shape index (κ2) is 6.05. The average Bonchev–Trinajstić information content (AvgIpc) is 2.37. The number of amides is 2. The van der Waals surface area contributed by atoms with Gasteiger partial charge in [0.2, 0.25) is 0 Å². The normalized spacial score (nSPS) is 13.2. The Hall–Kier alpha value is -2.28. The van der Waals surface area contributed by atoms with E-state index in [0.29, 0.717) is 11.4 Å². The largest absolute Gasteiger partial charge is 0.497 e. The molecule has 0 spiro atoms. The molecule has 1 unspecified atom stereocenters. The van der Waals surface area contributed by atoms with Gasteiger partial charge in [-0.1, -0.05) is 0 Å². The van der Waals surface area contributed by atoms with Crippen LogP contribution in [0.2, 0.25) is 0 Å². The number of urea groups is 1. The molecule has 2 amide bonds. The number of hydrogen-bond donors (Lipinski definition) is 4. The number of rotatable bonds is 5. The lowest BCUT2D eigenvalue weighted by atomic mass is 10.1. The molecule has 1 rings (SSSR count). The number of benzene rings is 1. The summed E-state index contributed by atoms with van der Waals surface area (Å²) < 4.78 is 4.97. The summed E-state index contributed by atoms with van der Waals surface area (Å²) in [5.41, 5.74) is -1.48. The lowest BCUT2D eigenvalue weighted by Crippen LogP contribution is -2.47. The van der Waals surface area contributed by atoms with Crippen molar-refractivity contribution in [1.82, 2.24) is 5.32 Å². The van der Waals surface area contributed by atoms with Gasteiger partial charge in [-0.15, -0.1) is 0 Å². The Bertz CT molecular complexity index is 456. The number of ether oxygens (including phenoxy) is 1. The van der Waals surface area contributed by atoms with Crippen molar-refractivity contribution in [3.8, 4) is 5.75 Å². The summed E-state index contributed by atoms with van der Waals surface area (Å²) in [6, 6.07) is 6.00. The van der Waals surface area contributed by atoms with Crippen molar-refractivity contribution in [3.05, 3.63) is 24.3 Å². The summed E-state index contributed by atoms with van der Waals surface area (Å²) in [5, 5.41) is 22.8. The Balaban J connectivity index is 2.49. The van der Waals surface area contributed by atoms with Crippen molar-refractivity contribution in [2.45, 2.75) is 12.5 Å². The Morgan fingerprint density at radius 1 is 1.32 bits per heavy atom. The highest BCUT2D eigenvalue weighted by Gasteiger charge is 2.30. The van der Waals surface area contributed by atoms with Crippen LogP contribution in [-0.4, -0.2) is 41.5 Å². The van der Waals surface area contributed by atoms with Crippen molar-refractivity contribution in [2.75, 3.05) is 19.0 Å². The van der Waals surface area contributed by atoms with E-state index in [0.717, 1.165) is 6.92 Å². The van der Waals surface area contributed by atoms with E-state index in [1.165, 1.54) is 7.11 Å². The van der Waals surface area contributed by atoms with Gasteiger partial charge in [-0.2, -0.15) is 0 Å². The second-order valence-corrected chi connectivity index (χ2v) is 4.12. The van der Waals surface area contributed by atoms with Crippen molar-refractivity contribution in [3.63, 3.8) is 0 Å². The first-order valence-electron chi connectivity index (χ1n) is 5.50. The van der Waals surface area contributed by atoms with E-state index in [1.54, 1.807) is 24.3 Å². The SMILES string of the molecule is COc1ccc(NC(=O)NCC(C)(O)C(=O)O)cc1. The van der Waals surface area contributed by atoms with Crippen LogP contribution in [0.4, 0.5) is 10.5 Å². The monoisotopic (exact) mass is 268 g/mol. The fourth-order valence-corrected chi connectivity index (χ4v) is 1.18. The smallest absolute Gasteiger partial charge is 0.337 e. The third-order valence-electron chi connectivity index (χ3n) is 2.40. The molecule has 0 fully saturated rings. The molecule has 0 aromatic heterocycles. The number of carboxylic acid groups (broad SMARTS) is 1.